The van der Waals surface area contributed by atoms with E-state index in [1.807, 2.05) is 13.0 Å². The molecule has 0 aromatic heterocycles. The molecule has 2 aliphatic rings. The number of aliphatic hydroxyl groups is 1. The second-order valence-corrected chi connectivity index (χ2v) is 6.84. The Morgan fingerprint density at radius 1 is 1.19 bits per heavy atom. The van der Waals surface area contributed by atoms with Crippen molar-refractivity contribution >= 4 is 0 Å². The van der Waals surface area contributed by atoms with Crippen LogP contribution in [0, 0.1) is 19.3 Å². The number of hydrogen-bond acceptors (Lipinski definition) is 4. The monoisotopic (exact) mass is 291 g/mol. The molecule has 1 fully saturated rings. The standard InChI is InChI=1S/C17H25NO3/c1-11-9-12(2)14-13(10-11)21-16(17(3,4)15(14)19)18-5-7-20-8-6-18/h9-10,15-16,19H,5-8H2,1-4H3/t15-,16-/m1/s1. The lowest BCUT2D eigenvalue weighted by Crippen LogP contribution is -2.56. The predicted octanol–water partition coefficient (Wildman–Crippen LogP) is 2.41. The lowest BCUT2D eigenvalue weighted by molar-refractivity contribution is -0.150. The van der Waals surface area contributed by atoms with E-state index in [4.69, 9.17) is 9.47 Å². The van der Waals surface area contributed by atoms with Gasteiger partial charge in [-0.2, -0.15) is 0 Å². The van der Waals surface area contributed by atoms with Crippen LogP contribution in [-0.4, -0.2) is 42.5 Å². The Morgan fingerprint density at radius 2 is 1.86 bits per heavy atom. The second kappa shape index (κ2) is 5.27. The SMILES string of the molecule is Cc1cc(C)c2c(c1)O[C@@H](N1CCOCC1)C(C)(C)[C@@H]2O. The van der Waals surface area contributed by atoms with Crippen LogP contribution in [0.1, 0.15) is 36.6 Å². The predicted molar refractivity (Wildman–Crippen MR) is 81.5 cm³/mol. The first kappa shape index (κ1) is 14.8. The van der Waals surface area contributed by atoms with Crippen molar-refractivity contribution in [3.05, 3.63) is 28.8 Å². The number of nitrogens with zero attached hydrogens (tertiary/aromatic N) is 1. The van der Waals surface area contributed by atoms with Gasteiger partial charge in [-0.1, -0.05) is 19.9 Å². The zero-order valence-electron chi connectivity index (χ0n) is 13.3. The third kappa shape index (κ3) is 2.45. The molecule has 0 unspecified atom stereocenters. The summed E-state index contributed by atoms with van der Waals surface area (Å²) in [6.45, 7) is 11.4. The Morgan fingerprint density at radius 3 is 2.52 bits per heavy atom. The fourth-order valence-electron chi connectivity index (χ4n) is 3.52. The van der Waals surface area contributed by atoms with Crippen molar-refractivity contribution in [3.8, 4) is 5.75 Å². The van der Waals surface area contributed by atoms with Crippen LogP contribution in [0.2, 0.25) is 0 Å². The number of benzene rings is 1. The number of rotatable bonds is 1. The molecule has 4 heteroatoms. The summed E-state index contributed by atoms with van der Waals surface area (Å²) >= 11 is 0. The Balaban J connectivity index is 2.00. The Kier molecular flexibility index (Phi) is 3.72. The van der Waals surface area contributed by atoms with Crippen LogP contribution in [0.5, 0.6) is 5.75 Å². The molecule has 0 radical (unpaired) electrons. The first-order chi connectivity index (χ1) is 9.91. The highest BCUT2D eigenvalue weighted by molar-refractivity contribution is 5.46. The molecule has 0 saturated carbocycles. The van der Waals surface area contributed by atoms with E-state index in [9.17, 15) is 5.11 Å². The number of aliphatic hydroxyl groups excluding tert-OH is 1. The van der Waals surface area contributed by atoms with Crippen molar-refractivity contribution < 1.29 is 14.6 Å². The lowest BCUT2D eigenvalue weighted by atomic mass is 9.76. The molecule has 1 N–H and O–H groups in total. The summed E-state index contributed by atoms with van der Waals surface area (Å²) in [5.74, 6) is 0.829. The Labute approximate surface area is 126 Å². The lowest BCUT2D eigenvalue weighted by Gasteiger charge is -2.49. The summed E-state index contributed by atoms with van der Waals surface area (Å²) in [4.78, 5) is 2.29. The van der Waals surface area contributed by atoms with Crippen LogP contribution in [0.25, 0.3) is 0 Å². The summed E-state index contributed by atoms with van der Waals surface area (Å²) in [7, 11) is 0. The molecular weight excluding hydrogens is 266 g/mol. The minimum absolute atomic E-state index is 0.120. The summed E-state index contributed by atoms with van der Waals surface area (Å²) in [5, 5.41) is 10.9. The van der Waals surface area contributed by atoms with Crippen molar-refractivity contribution in [2.45, 2.75) is 40.0 Å². The molecule has 1 aromatic rings. The van der Waals surface area contributed by atoms with Gasteiger partial charge < -0.3 is 14.6 Å². The molecular formula is C17H25NO3. The van der Waals surface area contributed by atoms with Crippen LogP contribution < -0.4 is 4.74 Å². The Bertz CT molecular complexity index is 535. The molecule has 0 amide bonds. The Hall–Kier alpha value is -1.10. The summed E-state index contributed by atoms with van der Waals surface area (Å²) in [6.07, 6.45) is -0.639. The zero-order chi connectivity index (χ0) is 15.2. The minimum Gasteiger partial charge on any atom is -0.474 e. The van der Waals surface area contributed by atoms with Crippen LogP contribution in [0.3, 0.4) is 0 Å². The molecule has 3 rings (SSSR count). The molecule has 2 aliphatic heterocycles. The summed E-state index contributed by atoms with van der Waals surface area (Å²) in [6, 6.07) is 4.14. The van der Waals surface area contributed by atoms with Crippen LogP contribution in [0.4, 0.5) is 0 Å². The smallest absolute Gasteiger partial charge is 0.160 e. The summed E-state index contributed by atoms with van der Waals surface area (Å²) in [5.41, 5.74) is 2.85. The maximum absolute atomic E-state index is 10.9. The van der Waals surface area contributed by atoms with Gasteiger partial charge in [0, 0.05) is 24.1 Å². The fraction of sp³-hybridized carbons (Fsp3) is 0.647. The molecule has 2 atom stereocenters. The average molecular weight is 291 g/mol. The van der Waals surface area contributed by atoms with Gasteiger partial charge in [-0.05, 0) is 31.0 Å². The van der Waals surface area contributed by atoms with Crippen molar-refractivity contribution in [3.63, 3.8) is 0 Å². The third-order valence-corrected chi connectivity index (χ3v) is 4.72. The topological polar surface area (TPSA) is 41.9 Å². The number of morpholine rings is 1. The normalized spacial score (nSPS) is 28.8. The average Bonchev–Trinajstić information content (AvgIpc) is 2.43. The van der Waals surface area contributed by atoms with E-state index in [2.05, 4.69) is 31.7 Å². The van der Waals surface area contributed by atoms with E-state index in [0.717, 1.165) is 43.2 Å². The zero-order valence-corrected chi connectivity index (χ0v) is 13.3. The summed E-state index contributed by atoms with van der Waals surface area (Å²) < 4.78 is 11.8. The van der Waals surface area contributed by atoms with E-state index in [1.54, 1.807) is 0 Å². The molecule has 2 heterocycles. The van der Waals surface area contributed by atoms with E-state index >= 15 is 0 Å². The van der Waals surface area contributed by atoms with E-state index in [-0.39, 0.29) is 11.6 Å². The number of fused-ring (bicyclic) bond motifs is 1. The molecule has 0 aliphatic carbocycles. The number of hydrogen-bond donors (Lipinski definition) is 1. The van der Waals surface area contributed by atoms with Gasteiger partial charge in [0.1, 0.15) is 5.75 Å². The molecule has 0 bridgehead atoms. The van der Waals surface area contributed by atoms with Crippen molar-refractivity contribution in [1.82, 2.24) is 4.90 Å². The molecule has 1 saturated heterocycles. The minimum atomic E-state index is -0.519. The third-order valence-electron chi connectivity index (χ3n) is 4.72. The van der Waals surface area contributed by atoms with Crippen LogP contribution in [0.15, 0.2) is 12.1 Å². The van der Waals surface area contributed by atoms with E-state index in [0.29, 0.717) is 0 Å². The molecule has 1 aromatic carbocycles. The van der Waals surface area contributed by atoms with Gasteiger partial charge >= 0.3 is 0 Å². The van der Waals surface area contributed by atoms with Gasteiger partial charge in [0.15, 0.2) is 6.23 Å². The van der Waals surface area contributed by atoms with Crippen LogP contribution >= 0.6 is 0 Å². The van der Waals surface area contributed by atoms with Crippen molar-refractivity contribution in [2.24, 2.45) is 5.41 Å². The van der Waals surface area contributed by atoms with Gasteiger partial charge in [-0.25, -0.2) is 0 Å². The molecule has 4 nitrogen and oxygen atoms in total. The van der Waals surface area contributed by atoms with Gasteiger partial charge in [-0.15, -0.1) is 0 Å². The van der Waals surface area contributed by atoms with Gasteiger partial charge in [0.2, 0.25) is 0 Å². The fourth-order valence-corrected chi connectivity index (χ4v) is 3.52. The maximum Gasteiger partial charge on any atom is 0.160 e. The van der Waals surface area contributed by atoms with Gasteiger partial charge in [0.25, 0.3) is 0 Å². The first-order valence-corrected chi connectivity index (χ1v) is 7.69. The van der Waals surface area contributed by atoms with Gasteiger partial charge in [-0.3, -0.25) is 4.90 Å². The van der Waals surface area contributed by atoms with Crippen molar-refractivity contribution in [1.29, 1.82) is 0 Å². The highest BCUT2D eigenvalue weighted by Crippen LogP contribution is 2.48. The number of aryl methyl sites for hydroxylation is 2. The highest BCUT2D eigenvalue weighted by Gasteiger charge is 2.47. The maximum atomic E-state index is 10.9. The largest absolute Gasteiger partial charge is 0.474 e. The quantitative estimate of drug-likeness (QED) is 0.863. The number of ether oxygens (including phenoxy) is 2. The molecule has 0 spiro atoms. The second-order valence-electron chi connectivity index (χ2n) is 6.84. The van der Waals surface area contributed by atoms with Crippen LogP contribution in [-0.2, 0) is 4.74 Å². The highest BCUT2D eigenvalue weighted by atomic mass is 16.5. The molecule has 116 valence electrons. The van der Waals surface area contributed by atoms with Gasteiger partial charge in [0.05, 0.1) is 19.3 Å². The first-order valence-electron chi connectivity index (χ1n) is 7.69. The molecule has 21 heavy (non-hydrogen) atoms. The van der Waals surface area contributed by atoms with E-state index in [1.165, 1.54) is 5.56 Å². The van der Waals surface area contributed by atoms with Crippen molar-refractivity contribution in [2.75, 3.05) is 26.3 Å². The van der Waals surface area contributed by atoms with E-state index < -0.39 is 6.10 Å².